The fourth-order valence-electron chi connectivity index (χ4n) is 2.63. The molecule has 0 aliphatic carbocycles. The average Bonchev–Trinajstić information content (AvgIpc) is 2.42. The van der Waals surface area contributed by atoms with Crippen molar-refractivity contribution in [1.29, 1.82) is 0 Å². The Kier molecular flexibility index (Phi) is 4.45. The minimum atomic E-state index is -0.859. The minimum Gasteiger partial charge on any atom is -0.384 e. The van der Waals surface area contributed by atoms with Crippen molar-refractivity contribution >= 4 is 6.41 Å². The summed E-state index contributed by atoms with van der Waals surface area (Å²) in [4.78, 5) is 14.7. The summed E-state index contributed by atoms with van der Waals surface area (Å²) in [5, 5.41) is 10.8. The van der Waals surface area contributed by atoms with Gasteiger partial charge in [0.15, 0.2) is 0 Å². The second-order valence-electron chi connectivity index (χ2n) is 5.99. The van der Waals surface area contributed by atoms with Gasteiger partial charge >= 0.3 is 0 Å². The van der Waals surface area contributed by atoms with Crippen molar-refractivity contribution in [2.45, 2.75) is 26.4 Å². The molecule has 110 valence electrons. The minimum absolute atomic E-state index is 0.599. The molecule has 1 aromatic carbocycles. The number of rotatable bonds is 4. The number of piperazine rings is 1. The first-order valence-electron chi connectivity index (χ1n) is 7.14. The monoisotopic (exact) mass is 276 g/mol. The molecule has 1 aliphatic heterocycles. The Morgan fingerprint density at radius 3 is 2.40 bits per heavy atom. The Labute approximate surface area is 121 Å². The number of amides is 1. The lowest BCUT2D eigenvalue weighted by Gasteiger charge is -2.37. The number of benzene rings is 1. The largest absolute Gasteiger partial charge is 0.384 e. The van der Waals surface area contributed by atoms with Crippen LogP contribution in [0.5, 0.6) is 0 Å². The van der Waals surface area contributed by atoms with E-state index in [9.17, 15) is 9.90 Å². The Balaban J connectivity index is 2.03. The molecular formula is C16H24N2O2. The maximum Gasteiger partial charge on any atom is 0.209 e. The van der Waals surface area contributed by atoms with Gasteiger partial charge in [0.25, 0.3) is 0 Å². The SMILES string of the molecule is Cc1ccc(C(C)(O)CN2CCN(C=O)CC2)cc1C. The van der Waals surface area contributed by atoms with E-state index < -0.39 is 5.60 Å². The molecule has 1 amide bonds. The molecule has 4 nitrogen and oxygen atoms in total. The predicted molar refractivity (Wildman–Crippen MR) is 79.6 cm³/mol. The topological polar surface area (TPSA) is 43.8 Å². The maximum absolute atomic E-state index is 10.8. The highest BCUT2D eigenvalue weighted by molar-refractivity contribution is 5.47. The smallest absolute Gasteiger partial charge is 0.209 e. The molecule has 1 atom stereocenters. The van der Waals surface area contributed by atoms with Crippen LogP contribution in [-0.4, -0.2) is 54.0 Å². The molecule has 0 bridgehead atoms. The van der Waals surface area contributed by atoms with Gasteiger partial charge in [0.1, 0.15) is 0 Å². The summed E-state index contributed by atoms with van der Waals surface area (Å²) in [6, 6.07) is 6.13. The number of aryl methyl sites for hydroxylation is 2. The van der Waals surface area contributed by atoms with Crippen molar-refractivity contribution in [1.82, 2.24) is 9.80 Å². The fourth-order valence-corrected chi connectivity index (χ4v) is 2.63. The van der Waals surface area contributed by atoms with Crippen LogP contribution >= 0.6 is 0 Å². The van der Waals surface area contributed by atoms with Gasteiger partial charge in [0, 0.05) is 32.7 Å². The van der Waals surface area contributed by atoms with E-state index in [1.165, 1.54) is 11.1 Å². The fraction of sp³-hybridized carbons (Fsp3) is 0.562. The summed E-state index contributed by atoms with van der Waals surface area (Å²) >= 11 is 0. The van der Waals surface area contributed by atoms with E-state index >= 15 is 0 Å². The van der Waals surface area contributed by atoms with Gasteiger partial charge in [-0.05, 0) is 37.5 Å². The van der Waals surface area contributed by atoms with E-state index in [1.807, 2.05) is 13.0 Å². The zero-order chi connectivity index (χ0) is 14.8. The summed E-state index contributed by atoms with van der Waals surface area (Å²) in [5.41, 5.74) is 2.54. The van der Waals surface area contributed by atoms with E-state index in [0.29, 0.717) is 6.54 Å². The molecule has 1 fully saturated rings. The van der Waals surface area contributed by atoms with Crippen LogP contribution in [0.1, 0.15) is 23.6 Å². The normalized spacial score (nSPS) is 19.7. The molecule has 0 spiro atoms. The average molecular weight is 276 g/mol. The van der Waals surface area contributed by atoms with Crippen LogP contribution in [0.25, 0.3) is 0 Å². The third-order valence-electron chi connectivity index (χ3n) is 4.22. The summed E-state index contributed by atoms with van der Waals surface area (Å²) in [7, 11) is 0. The number of hydrogen-bond donors (Lipinski definition) is 1. The van der Waals surface area contributed by atoms with E-state index in [1.54, 1.807) is 4.90 Å². The van der Waals surface area contributed by atoms with Crippen LogP contribution in [0, 0.1) is 13.8 Å². The number of carbonyl (C=O) groups is 1. The molecule has 1 aromatic rings. The quantitative estimate of drug-likeness (QED) is 0.843. The van der Waals surface area contributed by atoms with Gasteiger partial charge in [-0.3, -0.25) is 9.69 Å². The van der Waals surface area contributed by atoms with Crippen LogP contribution in [0.15, 0.2) is 18.2 Å². The molecular weight excluding hydrogens is 252 g/mol. The van der Waals surface area contributed by atoms with Gasteiger partial charge in [-0.25, -0.2) is 0 Å². The molecule has 1 heterocycles. The van der Waals surface area contributed by atoms with E-state index in [4.69, 9.17) is 0 Å². The number of hydrogen-bond acceptors (Lipinski definition) is 3. The van der Waals surface area contributed by atoms with Gasteiger partial charge < -0.3 is 10.0 Å². The first-order valence-corrected chi connectivity index (χ1v) is 7.14. The summed E-state index contributed by atoms with van der Waals surface area (Å²) in [6.45, 7) is 9.73. The van der Waals surface area contributed by atoms with Crippen LogP contribution in [0.3, 0.4) is 0 Å². The van der Waals surface area contributed by atoms with Crippen molar-refractivity contribution in [3.63, 3.8) is 0 Å². The molecule has 1 saturated heterocycles. The Hall–Kier alpha value is -1.39. The Bertz CT molecular complexity index is 477. The predicted octanol–water partition coefficient (Wildman–Crippen LogP) is 1.28. The number of carbonyl (C=O) groups excluding carboxylic acids is 1. The third kappa shape index (κ3) is 3.38. The molecule has 2 rings (SSSR count). The highest BCUT2D eigenvalue weighted by atomic mass is 16.3. The Morgan fingerprint density at radius 1 is 1.20 bits per heavy atom. The first-order chi connectivity index (χ1) is 9.42. The zero-order valence-corrected chi connectivity index (χ0v) is 12.6. The molecule has 1 aliphatic rings. The van der Waals surface area contributed by atoms with Crippen LogP contribution < -0.4 is 0 Å². The van der Waals surface area contributed by atoms with Crippen molar-refractivity contribution in [3.05, 3.63) is 34.9 Å². The standard InChI is InChI=1S/C16H24N2O2/c1-13-4-5-15(10-14(13)2)16(3,20)11-17-6-8-18(12-19)9-7-17/h4-5,10,12,20H,6-9,11H2,1-3H3. The van der Waals surface area contributed by atoms with Crippen molar-refractivity contribution < 1.29 is 9.90 Å². The number of nitrogens with zero attached hydrogens (tertiary/aromatic N) is 2. The van der Waals surface area contributed by atoms with E-state index in [-0.39, 0.29) is 0 Å². The lowest BCUT2D eigenvalue weighted by molar-refractivity contribution is -0.120. The van der Waals surface area contributed by atoms with Gasteiger partial charge in [0.05, 0.1) is 5.60 Å². The van der Waals surface area contributed by atoms with E-state index in [0.717, 1.165) is 38.2 Å². The second kappa shape index (κ2) is 5.94. The van der Waals surface area contributed by atoms with Crippen molar-refractivity contribution in [2.75, 3.05) is 32.7 Å². The lowest BCUT2D eigenvalue weighted by Crippen LogP contribution is -2.49. The highest BCUT2D eigenvalue weighted by Gasteiger charge is 2.28. The molecule has 1 unspecified atom stereocenters. The highest BCUT2D eigenvalue weighted by Crippen LogP contribution is 2.24. The molecule has 0 aromatic heterocycles. The maximum atomic E-state index is 10.8. The van der Waals surface area contributed by atoms with E-state index in [2.05, 4.69) is 30.9 Å². The molecule has 20 heavy (non-hydrogen) atoms. The second-order valence-corrected chi connectivity index (χ2v) is 5.99. The van der Waals surface area contributed by atoms with Crippen molar-refractivity contribution in [3.8, 4) is 0 Å². The van der Waals surface area contributed by atoms with Crippen LogP contribution in [0.4, 0.5) is 0 Å². The zero-order valence-electron chi connectivity index (χ0n) is 12.6. The molecule has 1 N–H and O–H groups in total. The Morgan fingerprint density at radius 2 is 1.85 bits per heavy atom. The number of aliphatic hydroxyl groups is 1. The van der Waals surface area contributed by atoms with Crippen molar-refractivity contribution in [2.24, 2.45) is 0 Å². The van der Waals surface area contributed by atoms with Gasteiger partial charge in [-0.1, -0.05) is 18.2 Å². The van der Waals surface area contributed by atoms with Crippen LogP contribution in [0.2, 0.25) is 0 Å². The summed E-state index contributed by atoms with van der Waals surface area (Å²) in [5.74, 6) is 0. The first kappa shape index (κ1) is 15.0. The number of β-amino-alcohol motifs (C(OH)–C–C–N with tert-alkyl or cyclic N) is 1. The van der Waals surface area contributed by atoms with Gasteiger partial charge in [-0.15, -0.1) is 0 Å². The summed E-state index contributed by atoms with van der Waals surface area (Å²) in [6.07, 6.45) is 0.902. The molecule has 0 radical (unpaired) electrons. The third-order valence-corrected chi connectivity index (χ3v) is 4.22. The summed E-state index contributed by atoms with van der Waals surface area (Å²) < 4.78 is 0. The van der Waals surface area contributed by atoms with Gasteiger partial charge in [0.2, 0.25) is 6.41 Å². The van der Waals surface area contributed by atoms with Crippen LogP contribution in [-0.2, 0) is 10.4 Å². The van der Waals surface area contributed by atoms with Gasteiger partial charge in [-0.2, -0.15) is 0 Å². The molecule has 4 heteroatoms. The lowest BCUT2D eigenvalue weighted by atomic mass is 9.92. The molecule has 0 saturated carbocycles.